The number of unbranched alkanes of at least 4 members (excludes halogenated alkanes) is 31. The first-order valence-corrected chi connectivity index (χ1v) is 22.5. The Hall–Kier alpha value is -0.910. The van der Waals surface area contributed by atoms with Gasteiger partial charge in [-0.15, -0.1) is 0 Å². The number of carbonyl (C=O) groups excluding carboxylic acids is 1. The SMILES string of the molecule is CCCCCCCCCCCCCC/C=C\CCCCCCCCCCCCC(O)C(=O)NC(CO)C(O)CCCCCCCCCCCC. The smallest absolute Gasteiger partial charge is 0.249 e. The molecule has 0 aliphatic rings. The highest BCUT2D eigenvalue weighted by molar-refractivity contribution is 5.80. The van der Waals surface area contributed by atoms with Gasteiger partial charge < -0.3 is 20.6 Å². The van der Waals surface area contributed by atoms with Gasteiger partial charge in [0.2, 0.25) is 5.91 Å². The molecule has 0 radical (unpaired) electrons. The first kappa shape index (κ1) is 49.1. The fraction of sp³-hybridized carbons (Fsp3) is 0.933. The van der Waals surface area contributed by atoms with E-state index in [0.29, 0.717) is 12.8 Å². The molecule has 3 atom stereocenters. The van der Waals surface area contributed by atoms with Crippen LogP contribution in [0.4, 0.5) is 0 Å². The van der Waals surface area contributed by atoms with Gasteiger partial charge in [0.15, 0.2) is 0 Å². The average molecular weight is 708 g/mol. The van der Waals surface area contributed by atoms with Crippen LogP contribution in [0.15, 0.2) is 12.2 Å². The van der Waals surface area contributed by atoms with Gasteiger partial charge in [-0.25, -0.2) is 0 Å². The van der Waals surface area contributed by atoms with Crippen molar-refractivity contribution < 1.29 is 20.1 Å². The predicted molar refractivity (Wildman–Crippen MR) is 218 cm³/mol. The number of hydrogen-bond acceptors (Lipinski definition) is 4. The van der Waals surface area contributed by atoms with Gasteiger partial charge in [-0.2, -0.15) is 0 Å². The van der Waals surface area contributed by atoms with Gasteiger partial charge in [-0.1, -0.05) is 219 Å². The van der Waals surface area contributed by atoms with Crippen molar-refractivity contribution in [2.24, 2.45) is 0 Å². The summed E-state index contributed by atoms with van der Waals surface area (Å²) >= 11 is 0. The Bertz CT molecular complexity index is 699. The van der Waals surface area contributed by atoms with Crippen molar-refractivity contribution in [2.75, 3.05) is 6.61 Å². The first-order valence-electron chi connectivity index (χ1n) is 22.5. The van der Waals surface area contributed by atoms with Crippen molar-refractivity contribution in [3.63, 3.8) is 0 Å². The van der Waals surface area contributed by atoms with Crippen molar-refractivity contribution in [1.82, 2.24) is 5.32 Å². The second kappa shape index (κ2) is 40.9. The molecule has 0 saturated carbocycles. The van der Waals surface area contributed by atoms with Crippen LogP contribution < -0.4 is 5.32 Å². The topological polar surface area (TPSA) is 89.8 Å². The largest absolute Gasteiger partial charge is 0.394 e. The number of amides is 1. The summed E-state index contributed by atoms with van der Waals surface area (Å²) in [6.07, 6.45) is 48.0. The Morgan fingerprint density at radius 3 is 1.10 bits per heavy atom. The maximum absolute atomic E-state index is 12.4. The summed E-state index contributed by atoms with van der Waals surface area (Å²) in [4.78, 5) is 12.4. The van der Waals surface area contributed by atoms with Crippen molar-refractivity contribution >= 4 is 5.91 Å². The van der Waals surface area contributed by atoms with E-state index in [0.717, 1.165) is 32.1 Å². The predicted octanol–water partition coefficient (Wildman–Crippen LogP) is 12.8. The molecule has 0 aliphatic heterocycles. The van der Waals surface area contributed by atoms with E-state index in [-0.39, 0.29) is 6.61 Å². The molecule has 5 nitrogen and oxygen atoms in total. The molecule has 0 spiro atoms. The number of hydrogen-bond donors (Lipinski definition) is 4. The van der Waals surface area contributed by atoms with Crippen LogP contribution in [0.25, 0.3) is 0 Å². The van der Waals surface area contributed by atoms with Gasteiger partial charge in [0.05, 0.1) is 18.8 Å². The van der Waals surface area contributed by atoms with Gasteiger partial charge in [0, 0.05) is 0 Å². The molecule has 0 fully saturated rings. The molecule has 1 amide bonds. The summed E-state index contributed by atoms with van der Waals surface area (Å²) in [5.74, 6) is -0.471. The Morgan fingerprint density at radius 1 is 0.460 bits per heavy atom. The molecule has 298 valence electrons. The first-order chi connectivity index (χ1) is 24.6. The molecule has 0 bridgehead atoms. The third-order valence-electron chi connectivity index (χ3n) is 10.6. The van der Waals surface area contributed by atoms with Gasteiger partial charge in [-0.3, -0.25) is 4.79 Å². The molecular weight excluding hydrogens is 618 g/mol. The van der Waals surface area contributed by atoms with E-state index in [4.69, 9.17) is 0 Å². The summed E-state index contributed by atoms with van der Waals surface area (Å²) in [5, 5.41) is 33.2. The lowest BCUT2D eigenvalue weighted by atomic mass is 10.0. The Kier molecular flexibility index (Phi) is 40.1. The summed E-state index contributed by atoms with van der Waals surface area (Å²) < 4.78 is 0. The van der Waals surface area contributed by atoms with E-state index in [2.05, 4.69) is 31.3 Å². The number of aliphatic hydroxyl groups is 3. The van der Waals surface area contributed by atoms with Crippen LogP contribution in [0.2, 0.25) is 0 Å². The minimum absolute atomic E-state index is 0.312. The van der Waals surface area contributed by atoms with E-state index in [1.54, 1.807) is 0 Å². The van der Waals surface area contributed by atoms with Crippen molar-refractivity contribution in [1.29, 1.82) is 0 Å². The van der Waals surface area contributed by atoms with Crippen LogP contribution in [0.3, 0.4) is 0 Å². The van der Waals surface area contributed by atoms with Crippen LogP contribution in [0, 0.1) is 0 Å². The van der Waals surface area contributed by atoms with Crippen molar-refractivity contribution in [2.45, 2.75) is 263 Å². The van der Waals surface area contributed by atoms with Gasteiger partial charge in [0.1, 0.15) is 6.10 Å². The zero-order valence-electron chi connectivity index (χ0n) is 33.8. The number of rotatable bonds is 41. The highest BCUT2D eigenvalue weighted by Crippen LogP contribution is 2.16. The molecule has 50 heavy (non-hydrogen) atoms. The standard InChI is InChI=1S/C45H89NO4/c1-3-5-7-9-11-13-15-16-17-18-19-20-21-22-23-24-25-26-27-28-29-30-32-34-36-38-40-44(49)45(50)46-42(41-47)43(48)39-37-35-33-31-14-12-10-8-6-4-2/h22-23,42-44,47-49H,3-21,24-41H2,1-2H3,(H,46,50)/b23-22-. The molecule has 0 aromatic rings. The number of carbonyl (C=O) groups is 1. The van der Waals surface area contributed by atoms with Crippen molar-refractivity contribution in [3.05, 3.63) is 12.2 Å². The fourth-order valence-corrected chi connectivity index (χ4v) is 7.07. The maximum Gasteiger partial charge on any atom is 0.249 e. The van der Waals surface area contributed by atoms with E-state index < -0.39 is 24.2 Å². The number of nitrogens with one attached hydrogen (secondary N) is 1. The van der Waals surface area contributed by atoms with Gasteiger partial charge in [0.25, 0.3) is 0 Å². The second-order valence-electron chi connectivity index (χ2n) is 15.6. The lowest BCUT2D eigenvalue weighted by molar-refractivity contribution is -0.131. The average Bonchev–Trinajstić information content (AvgIpc) is 3.12. The third-order valence-corrected chi connectivity index (χ3v) is 10.6. The normalized spacial score (nSPS) is 13.6. The monoisotopic (exact) mass is 708 g/mol. The molecule has 0 rings (SSSR count). The van der Waals surface area contributed by atoms with E-state index in [9.17, 15) is 20.1 Å². The Labute approximate surface area is 312 Å². The fourth-order valence-electron chi connectivity index (χ4n) is 7.07. The number of allylic oxidation sites excluding steroid dienone is 2. The zero-order valence-corrected chi connectivity index (χ0v) is 33.8. The van der Waals surface area contributed by atoms with E-state index >= 15 is 0 Å². The molecule has 3 unspecified atom stereocenters. The number of aliphatic hydroxyl groups excluding tert-OH is 3. The molecule has 5 heteroatoms. The lowest BCUT2D eigenvalue weighted by Gasteiger charge is -2.23. The Morgan fingerprint density at radius 2 is 0.760 bits per heavy atom. The second-order valence-corrected chi connectivity index (χ2v) is 15.6. The van der Waals surface area contributed by atoms with Crippen LogP contribution >= 0.6 is 0 Å². The van der Waals surface area contributed by atoms with Gasteiger partial charge in [-0.05, 0) is 38.5 Å². The molecule has 0 aromatic carbocycles. The highest BCUT2D eigenvalue weighted by Gasteiger charge is 2.23. The summed E-state index contributed by atoms with van der Waals surface area (Å²) in [5.41, 5.74) is 0. The molecule has 4 N–H and O–H groups in total. The van der Waals surface area contributed by atoms with E-state index in [1.165, 1.54) is 186 Å². The summed E-state index contributed by atoms with van der Waals surface area (Å²) in [7, 11) is 0. The molecule has 0 saturated heterocycles. The third kappa shape index (κ3) is 35.5. The summed E-state index contributed by atoms with van der Waals surface area (Å²) in [6.45, 7) is 4.22. The quantitative estimate of drug-likeness (QED) is 0.0376. The maximum atomic E-state index is 12.4. The molecule has 0 aliphatic carbocycles. The Balaban J connectivity index is 3.53. The van der Waals surface area contributed by atoms with Gasteiger partial charge >= 0.3 is 0 Å². The minimum Gasteiger partial charge on any atom is -0.394 e. The molecular formula is C45H89NO4. The van der Waals surface area contributed by atoms with Crippen LogP contribution in [-0.4, -0.2) is 46.1 Å². The lowest BCUT2D eigenvalue weighted by Crippen LogP contribution is -2.49. The zero-order chi connectivity index (χ0) is 36.6. The van der Waals surface area contributed by atoms with Crippen molar-refractivity contribution in [3.8, 4) is 0 Å². The minimum atomic E-state index is -1.07. The van der Waals surface area contributed by atoms with Crippen LogP contribution in [0.1, 0.15) is 245 Å². The van der Waals surface area contributed by atoms with E-state index in [1.807, 2.05) is 0 Å². The summed E-state index contributed by atoms with van der Waals surface area (Å²) in [6, 6.07) is -0.707. The molecule has 0 aromatic heterocycles. The van der Waals surface area contributed by atoms with Crippen LogP contribution in [0.5, 0.6) is 0 Å². The molecule has 0 heterocycles. The highest BCUT2D eigenvalue weighted by atomic mass is 16.3. The van der Waals surface area contributed by atoms with Crippen LogP contribution in [-0.2, 0) is 4.79 Å².